The second kappa shape index (κ2) is 7.63. The molecule has 29 heavy (non-hydrogen) atoms. The quantitative estimate of drug-likeness (QED) is 0.661. The Morgan fingerprint density at radius 2 is 1.59 bits per heavy atom. The number of pyridine rings is 1. The number of amidine groups is 1. The van der Waals surface area contributed by atoms with Crippen LogP contribution in [0.4, 0.5) is 5.69 Å². The van der Waals surface area contributed by atoms with Gasteiger partial charge in [0.05, 0.1) is 5.69 Å². The van der Waals surface area contributed by atoms with E-state index in [2.05, 4.69) is 80.6 Å². The summed E-state index contributed by atoms with van der Waals surface area (Å²) >= 11 is 0. The molecule has 1 aromatic heterocycles. The zero-order chi connectivity index (χ0) is 20.4. The molecule has 2 heterocycles. The van der Waals surface area contributed by atoms with Gasteiger partial charge in [-0.25, -0.2) is 4.99 Å². The molecule has 4 heteroatoms. The van der Waals surface area contributed by atoms with E-state index in [0.29, 0.717) is 0 Å². The Labute approximate surface area is 172 Å². The molecule has 0 radical (unpaired) electrons. The number of hydrazone groups is 1. The summed E-state index contributed by atoms with van der Waals surface area (Å²) in [4.78, 5) is 9.07. The van der Waals surface area contributed by atoms with Crippen LogP contribution in [0.1, 0.15) is 55.5 Å². The van der Waals surface area contributed by atoms with Gasteiger partial charge in [-0.2, -0.15) is 5.10 Å². The summed E-state index contributed by atoms with van der Waals surface area (Å²) < 4.78 is 0. The van der Waals surface area contributed by atoms with Gasteiger partial charge in [-0.15, -0.1) is 0 Å². The zero-order valence-electron chi connectivity index (χ0n) is 17.4. The predicted molar refractivity (Wildman–Crippen MR) is 120 cm³/mol. The number of benzene rings is 2. The maximum absolute atomic E-state index is 4.93. The van der Waals surface area contributed by atoms with Gasteiger partial charge in [-0.1, -0.05) is 58.0 Å². The number of aromatic nitrogens is 1. The first-order chi connectivity index (χ1) is 14.0. The van der Waals surface area contributed by atoms with E-state index in [1.54, 1.807) is 12.4 Å². The highest BCUT2D eigenvalue weighted by molar-refractivity contribution is 6.18. The van der Waals surface area contributed by atoms with Crippen molar-refractivity contribution < 1.29 is 0 Å². The average Bonchev–Trinajstić information content (AvgIpc) is 2.93. The number of hydrogen-bond acceptors (Lipinski definition) is 4. The normalized spacial score (nSPS) is 13.7. The minimum absolute atomic E-state index is 0.118. The van der Waals surface area contributed by atoms with Gasteiger partial charge in [-0.05, 0) is 47.2 Å². The molecule has 2 aromatic carbocycles. The van der Waals surface area contributed by atoms with Gasteiger partial charge in [0.2, 0.25) is 0 Å². The molecule has 0 saturated heterocycles. The van der Waals surface area contributed by atoms with Gasteiger partial charge in [0, 0.05) is 29.1 Å². The van der Waals surface area contributed by atoms with Crippen molar-refractivity contribution in [2.24, 2.45) is 10.1 Å². The lowest BCUT2D eigenvalue weighted by Gasteiger charge is -2.19. The second-order valence-corrected chi connectivity index (χ2v) is 8.30. The fourth-order valence-electron chi connectivity index (χ4n) is 3.39. The van der Waals surface area contributed by atoms with Crippen LogP contribution in [-0.4, -0.2) is 16.5 Å². The molecule has 0 saturated carbocycles. The highest BCUT2D eigenvalue weighted by atomic mass is 15.3. The molecule has 1 aliphatic rings. The van der Waals surface area contributed by atoms with Crippen LogP contribution in [0.5, 0.6) is 0 Å². The van der Waals surface area contributed by atoms with Crippen LogP contribution in [-0.2, 0) is 11.8 Å². The van der Waals surface area contributed by atoms with E-state index in [9.17, 15) is 0 Å². The van der Waals surface area contributed by atoms with E-state index >= 15 is 0 Å². The Morgan fingerprint density at radius 1 is 0.862 bits per heavy atom. The second-order valence-electron chi connectivity index (χ2n) is 8.30. The number of nitrogens with zero attached hydrogens (tertiary/aromatic N) is 3. The Balaban J connectivity index is 1.80. The van der Waals surface area contributed by atoms with E-state index in [0.717, 1.165) is 40.3 Å². The van der Waals surface area contributed by atoms with Gasteiger partial charge >= 0.3 is 0 Å². The first-order valence-corrected chi connectivity index (χ1v) is 10.0. The standard InChI is InChI=1S/C25H26N4/c1-5-17-6-11-22-21(16-17)23(18-12-14-26-15-13-18)28-29-24(27-22)19-7-9-20(10-8-19)25(2,3)4/h6-16H,5H2,1-4H3,(H,27,29). The fourth-order valence-corrected chi connectivity index (χ4v) is 3.39. The highest BCUT2D eigenvalue weighted by Gasteiger charge is 2.18. The molecule has 0 unspecified atom stereocenters. The maximum atomic E-state index is 4.93. The lowest BCUT2D eigenvalue weighted by molar-refractivity contribution is 0.590. The SMILES string of the molecule is CCc1ccc2c(c1)C(c1ccncc1)=NNC(c1ccc(C(C)(C)C)cc1)=N2. The molecule has 0 aliphatic carbocycles. The Kier molecular flexibility index (Phi) is 5.01. The van der Waals surface area contributed by atoms with Crippen LogP contribution in [0.3, 0.4) is 0 Å². The molecule has 146 valence electrons. The van der Waals surface area contributed by atoms with Crippen molar-refractivity contribution in [2.75, 3.05) is 0 Å². The van der Waals surface area contributed by atoms with Gasteiger partial charge < -0.3 is 0 Å². The number of nitrogens with one attached hydrogen (secondary N) is 1. The summed E-state index contributed by atoms with van der Waals surface area (Å²) in [6, 6.07) is 18.9. The van der Waals surface area contributed by atoms with Crippen molar-refractivity contribution in [2.45, 2.75) is 39.5 Å². The van der Waals surface area contributed by atoms with Crippen LogP contribution >= 0.6 is 0 Å². The third-order valence-corrected chi connectivity index (χ3v) is 5.21. The number of aryl methyl sites for hydroxylation is 1. The first-order valence-electron chi connectivity index (χ1n) is 10.0. The van der Waals surface area contributed by atoms with E-state index in [-0.39, 0.29) is 5.41 Å². The van der Waals surface area contributed by atoms with Gasteiger partial charge in [0.1, 0.15) is 5.71 Å². The fraction of sp³-hybridized carbons (Fsp3) is 0.240. The molecule has 1 N–H and O–H groups in total. The zero-order valence-corrected chi connectivity index (χ0v) is 17.4. The van der Waals surface area contributed by atoms with Crippen molar-refractivity contribution in [1.29, 1.82) is 0 Å². The van der Waals surface area contributed by atoms with Crippen molar-refractivity contribution in [3.8, 4) is 0 Å². The summed E-state index contributed by atoms with van der Waals surface area (Å²) in [5.74, 6) is 0.750. The Morgan fingerprint density at radius 3 is 2.24 bits per heavy atom. The molecular formula is C25H26N4. The van der Waals surface area contributed by atoms with Crippen molar-refractivity contribution in [3.05, 3.63) is 94.8 Å². The van der Waals surface area contributed by atoms with E-state index in [1.807, 2.05) is 12.1 Å². The number of rotatable bonds is 3. The Hall–Kier alpha value is -3.27. The minimum atomic E-state index is 0.118. The van der Waals surface area contributed by atoms with Crippen LogP contribution < -0.4 is 5.43 Å². The van der Waals surface area contributed by atoms with Gasteiger partial charge in [0.15, 0.2) is 5.84 Å². The molecule has 0 bridgehead atoms. The summed E-state index contributed by atoms with van der Waals surface area (Å²) in [6.07, 6.45) is 4.55. The van der Waals surface area contributed by atoms with Crippen LogP contribution in [0.25, 0.3) is 0 Å². The van der Waals surface area contributed by atoms with E-state index < -0.39 is 0 Å². The lowest BCUT2D eigenvalue weighted by Crippen LogP contribution is -2.20. The molecule has 0 amide bonds. The average molecular weight is 383 g/mol. The van der Waals surface area contributed by atoms with Crippen LogP contribution in [0.2, 0.25) is 0 Å². The van der Waals surface area contributed by atoms with Crippen molar-refractivity contribution in [3.63, 3.8) is 0 Å². The monoisotopic (exact) mass is 382 g/mol. The molecule has 4 nitrogen and oxygen atoms in total. The van der Waals surface area contributed by atoms with E-state index in [1.165, 1.54) is 11.1 Å². The lowest BCUT2D eigenvalue weighted by atomic mass is 9.86. The van der Waals surface area contributed by atoms with Crippen molar-refractivity contribution >= 4 is 17.2 Å². The maximum Gasteiger partial charge on any atom is 0.154 e. The smallest absolute Gasteiger partial charge is 0.154 e. The molecule has 0 spiro atoms. The molecule has 1 aliphatic heterocycles. The number of hydrogen-bond donors (Lipinski definition) is 1. The minimum Gasteiger partial charge on any atom is -0.265 e. The van der Waals surface area contributed by atoms with Gasteiger partial charge in [0.25, 0.3) is 0 Å². The summed E-state index contributed by atoms with van der Waals surface area (Å²) in [7, 11) is 0. The number of fused-ring (bicyclic) bond motifs is 1. The van der Waals surface area contributed by atoms with E-state index in [4.69, 9.17) is 10.1 Å². The van der Waals surface area contributed by atoms with Crippen LogP contribution in [0.15, 0.2) is 77.1 Å². The molecule has 0 atom stereocenters. The first kappa shape index (κ1) is 19.1. The largest absolute Gasteiger partial charge is 0.265 e. The topological polar surface area (TPSA) is 49.6 Å². The molecule has 0 fully saturated rings. The van der Waals surface area contributed by atoms with Gasteiger partial charge in [-0.3, -0.25) is 10.4 Å². The van der Waals surface area contributed by atoms with Crippen LogP contribution in [0, 0.1) is 0 Å². The number of aliphatic imine (C=N–C) groups is 1. The summed E-state index contributed by atoms with van der Waals surface area (Å²) in [5, 5.41) is 4.75. The summed E-state index contributed by atoms with van der Waals surface area (Å²) in [6.45, 7) is 8.81. The van der Waals surface area contributed by atoms with Crippen molar-refractivity contribution in [1.82, 2.24) is 10.4 Å². The predicted octanol–water partition coefficient (Wildman–Crippen LogP) is 5.38. The Bertz CT molecular complexity index is 1070. The summed E-state index contributed by atoms with van der Waals surface area (Å²) in [5.41, 5.74) is 10.7. The third kappa shape index (κ3) is 3.97. The molecule has 3 aromatic rings. The highest BCUT2D eigenvalue weighted by Crippen LogP contribution is 2.28. The molecular weight excluding hydrogens is 356 g/mol. The third-order valence-electron chi connectivity index (χ3n) is 5.21. The molecule has 4 rings (SSSR count).